The van der Waals surface area contributed by atoms with Gasteiger partial charge in [-0.1, -0.05) is 24.3 Å². The zero-order valence-corrected chi connectivity index (χ0v) is 14.4. The van der Waals surface area contributed by atoms with Crippen molar-refractivity contribution >= 4 is 16.9 Å². The van der Waals surface area contributed by atoms with Gasteiger partial charge < -0.3 is 14.9 Å². The SMILES string of the molecule is CCn1c(=O)c(=O)[nH]c2cc(C(=O)NC3CCc4ccccc43)ccc21. The molecule has 2 aromatic carbocycles. The van der Waals surface area contributed by atoms with Crippen LogP contribution < -0.4 is 16.4 Å². The number of benzene rings is 2. The number of aryl methyl sites for hydroxylation is 2. The molecule has 1 aliphatic carbocycles. The van der Waals surface area contributed by atoms with Gasteiger partial charge in [0.1, 0.15) is 0 Å². The lowest BCUT2D eigenvalue weighted by Crippen LogP contribution is -2.36. The van der Waals surface area contributed by atoms with Crippen LogP contribution in [0.2, 0.25) is 0 Å². The fourth-order valence-electron chi connectivity index (χ4n) is 3.68. The van der Waals surface area contributed by atoms with Gasteiger partial charge in [-0.2, -0.15) is 0 Å². The number of nitrogens with one attached hydrogen (secondary N) is 2. The average Bonchev–Trinajstić information content (AvgIpc) is 3.05. The molecule has 132 valence electrons. The standard InChI is InChI=1S/C20H19N3O3/c1-2-23-17-10-8-13(11-16(17)22-19(25)20(23)26)18(24)21-15-9-7-12-5-3-4-6-14(12)15/h3-6,8,10-11,15H,2,7,9H2,1H3,(H,21,24)(H,22,25). The second-order valence-electron chi connectivity index (χ2n) is 6.50. The number of hydrogen-bond donors (Lipinski definition) is 2. The number of rotatable bonds is 3. The van der Waals surface area contributed by atoms with Gasteiger partial charge in [0, 0.05) is 12.1 Å². The Morgan fingerprint density at radius 3 is 2.85 bits per heavy atom. The van der Waals surface area contributed by atoms with Crippen molar-refractivity contribution in [1.29, 1.82) is 0 Å². The van der Waals surface area contributed by atoms with E-state index in [-0.39, 0.29) is 11.9 Å². The molecule has 26 heavy (non-hydrogen) atoms. The number of carbonyl (C=O) groups is 1. The molecule has 0 saturated heterocycles. The molecule has 0 fully saturated rings. The Morgan fingerprint density at radius 1 is 1.23 bits per heavy atom. The highest BCUT2D eigenvalue weighted by Gasteiger charge is 2.24. The molecule has 1 atom stereocenters. The van der Waals surface area contributed by atoms with Gasteiger partial charge >= 0.3 is 11.1 Å². The van der Waals surface area contributed by atoms with Gasteiger partial charge in [-0.05, 0) is 49.1 Å². The number of aromatic nitrogens is 2. The van der Waals surface area contributed by atoms with E-state index in [1.54, 1.807) is 25.1 Å². The van der Waals surface area contributed by atoms with Crippen LogP contribution in [0.3, 0.4) is 0 Å². The molecule has 6 heteroatoms. The third kappa shape index (κ3) is 2.63. The molecule has 1 aliphatic rings. The van der Waals surface area contributed by atoms with Crippen LogP contribution in [0.15, 0.2) is 52.1 Å². The summed E-state index contributed by atoms with van der Waals surface area (Å²) in [6.45, 7) is 2.20. The monoisotopic (exact) mass is 349 g/mol. The zero-order valence-electron chi connectivity index (χ0n) is 14.4. The van der Waals surface area contributed by atoms with Gasteiger partial charge in [0.05, 0.1) is 17.1 Å². The summed E-state index contributed by atoms with van der Waals surface area (Å²) in [7, 11) is 0. The first-order chi connectivity index (χ1) is 12.6. The highest BCUT2D eigenvalue weighted by molar-refractivity contribution is 5.97. The third-order valence-electron chi connectivity index (χ3n) is 4.99. The Bertz CT molecular complexity index is 1130. The molecule has 0 aliphatic heterocycles. The van der Waals surface area contributed by atoms with Crippen LogP contribution >= 0.6 is 0 Å². The minimum Gasteiger partial charge on any atom is -0.345 e. The van der Waals surface area contributed by atoms with Crippen molar-refractivity contribution in [2.24, 2.45) is 0 Å². The summed E-state index contributed by atoms with van der Waals surface area (Å²) < 4.78 is 1.41. The molecule has 1 heterocycles. The Labute approximate surface area is 149 Å². The quantitative estimate of drug-likeness (QED) is 0.711. The van der Waals surface area contributed by atoms with Crippen molar-refractivity contribution in [3.63, 3.8) is 0 Å². The number of carbonyl (C=O) groups excluding carboxylic acids is 1. The highest BCUT2D eigenvalue weighted by atomic mass is 16.2. The molecule has 2 N–H and O–H groups in total. The van der Waals surface area contributed by atoms with E-state index in [9.17, 15) is 14.4 Å². The molecule has 0 bridgehead atoms. The first kappa shape index (κ1) is 16.3. The zero-order chi connectivity index (χ0) is 18.3. The van der Waals surface area contributed by atoms with E-state index < -0.39 is 11.1 Å². The van der Waals surface area contributed by atoms with Crippen LogP contribution in [-0.2, 0) is 13.0 Å². The van der Waals surface area contributed by atoms with Crippen LogP contribution in [0.25, 0.3) is 11.0 Å². The van der Waals surface area contributed by atoms with Gasteiger partial charge in [0.25, 0.3) is 5.91 Å². The third-order valence-corrected chi connectivity index (χ3v) is 4.99. The average molecular weight is 349 g/mol. The molecule has 0 radical (unpaired) electrons. The molecule has 1 amide bonds. The van der Waals surface area contributed by atoms with Crippen molar-refractivity contribution in [3.05, 3.63) is 79.9 Å². The molecule has 1 aromatic heterocycles. The van der Waals surface area contributed by atoms with Gasteiger partial charge in [0.15, 0.2) is 0 Å². The normalized spacial score (nSPS) is 15.8. The molecule has 1 unspecified atom stereocenters. The summed E-state index contributed by atoms with van der Waals surface area (Å²) in [5, 5.41) is 3.07. The lowest BCUT2D eigenvalue weighted by Gasteiger charge is -2.15. The van der Waals surface area contributed by atoms with Gasteiger partial charge in [0.2, 0.25) is 0 Å². The summed E-state index contributed by atoms with van der Waals surface area (Å²) in [4.78, 5) is 39.0. The number of fused-ring (bicyclic) bond motifs is 2. The van der Waals surface area contributed by atoms with Crippen molar-refractivity contribution in [2.75, 3.05) is 0 Å². The van der Waals surface area contributed by atoms with Crippen molar-refractivity contribution in [3.8, 4) is 0 Å². The maximum Gasteiger partial charge on any atom is 0.316 e. The van der Waals surface area contributed by atoms with Crippen LogP contribution in [0, 0.1) is 0 Å². The summed E-state index contributed by atoms with van der Waals surface area (Å²) in [5.41, 5.74) is 2.72. The molecule has 4 rings (SSSR count). The minimum absolute atomic E-state index is 0.00181. The fourth-order valence-corrected chi connectivity index (χ4v) is 3.68. The number of H-pyrrole nitrogens is 1. The predicted molar refractivity (Wildman–Crippen MR) is 99.5 cm³/mol. The minimum atomic E-state index is -0.679. The Kier molecular flexibility index (Phi) is 3.95. The predicted octanol–water partition coefficient (Wildman–Crippen LogP) is 2.13. The summed E-state index contributed by atoms with van der Waals surface area (Å²) in [5.74, 6) is -0.191. The summed E-state index contributed by atoms with van der Waals surface area (Å²) >= 11 is 0. The van der Waals surface area contributed by atoms with Crippen LogP contribution in [0.5, 0.6) is 0 Å². The lowest BCUT2D eigenvalue weighted by atomic mass is 10.1. The molecule has 6 nitrogen and oxygen atoms in total. The van der Waals surface area contributed by atoms with E-state index >= 15 is 0 Å². The van der Waals surface area contributed by atoms with Crippen LogP contribution in [-0.4, -0.2) is 15.5 Å². The summed E-state index contributed by atoms with van der Waals surface area (Å²) in [6.07, 6.45) is 1.83. The number of amides is 1. The summed E-state index contributed by atoms with van der Waals surface area (Å²) in [6, 6.07) is 13.1. The van der Waals surface area contributed by atoms with Crippen molar-refractivity contribution in [1.82, 2.24) is 14.9 Å². The Balaban J connectivity index is 1.67. The van der Waals surface area contributed by atoms with E-state index in [0.29, 0.717) is 23.1 Å². The van der Waals surface area contributed by atoms with E-state index in [4.69, 9.17) is 0 Å². The Hall–Kier alpha value is -3.15. The van der Waals surface area contributed by atoms with E-state index in [1.807, 2.05) is 18.2 Å². The van der Waals surface area contributed by atoms with E-state index in [1.165, 1.54) is 10.1 Å². The van der Waals surface area contributed by atoms with E-state index in [2.05, 4.69) is 16.4 Å². The number of nitrogens with zero attached hydrogens (tertiary/aromatic N) is 1. The maximum atomic E-state index is 12.7. The maximum absolute atomic E-state index is 12.7. The molecule has 0 spiro atoms. The van der Waals surface area contributed by atoms with E-state index in [0.717, 1.165) is 18.4 Å². The molecule has 0 saturated carbocycles. The number of aromatic amines is 1. The smallest absolute Gasteiger partial charge is 0.316 e. The molecular formula is C20H19N3O3. The molecular weight excluding hydrogens is 330 g/mol. The fraction of sp³-hybridized carbons (Fsp3) is 0.250. The van der Waals surface area contributed by atoms with Gasteiger partial charge in [-0.25, -0.2) is 0 Å². The lowest BCUT2D eigenvalue weighted by molar-refractivity contribution is 0.0937. The van der Waals surface area contributed by atoms with Crippen molar-refractivity contribution < 1.29 is 4.79 Å². The first-order valence-corrected chi connectivity index (χ1v) is 8.74. The first-order valence-electron chi connectivity index (χ1n) is 8.74. The largest absolute Gasteiger partial charge is 0.345 e. The Morgan fingerprint density at radius 2 is 2.04 bits per heavy atom. The van der Waals surface area contributed by atoms with Crippen LogP contribution in [0.1, 0.15) is 40.9 Å². The highest BCUT2D eigenvalue weighted by Crippen LogP contribution is 2.30. The molecule has 3 aromatic rings. The second kappa shape index (κ2) is 6.29. The van der Waals surface area contributed by atoms with Crippen LogP contribution in [0.4, 0.5) is 0 Å². The van der Waals surface area contributed by atoms with Crippen molar-refractivity contribution in [2.45, 2.75) is 32.4 Å². The topological polar surface area (TPSA) is 84.0 Å². The van der Waals surface area contributed by atoms with Gasteiger partial charge in [-0.15, -0.1) is 0 Å². The second-order valence-corrected chi connectivity index (χ2v) is 6.50. The number of hydrogen-bond acceptors (Lipinski definition) is 3. The van der Waals surface area contributed by atoms with Gasteiger partial charge in [-0.3, -0.25) is 14.4 Å².